The fourth-order valence-corrected chi connectivity index (χ4v) is 3.30. The number of carbonyl (C=O) groups is 2. The molecule has 178 valence electrons. The molecule has 3 aromatic carbocycles. The Balaban J connectivity index is 1.28. The number of nitrogens with one attached hydrogen (secondary N) is 1. The van der Waals surface area contributed by atoms with Crippen LogP contribution in [0.4, 0.5) is 0 Å². The Morgan fingerprint density at radius 2 is 1.66 bits per heavy atom. The van der Waals surface area contributed by atoms with Gasteiger partial charge in [0.2, 0.25) is 5.82 Å². The molecular weight excluding hydrogens is 450 g/mol. The van der Waals surface area contributed by atoms with Crippen molar-refractivity contribution in [1.82, 2.24) is 15.5 Å². The number of rotatable bonds is 9. The standard InChI is InChI=1S/C26H23N3O6/c1-32-20-12-13-21(22(14-20)33-2)25-28-23(35-29-25)16-34-24(30)15-27-26(31)19-10-8-18(9-11-19)17-6-4-3-5-7-17/h3-14H,15-16H2,1-2H3,(H,27,31). The molecule has 1 heterocycles. The normalized spacial score (nSPS) is 10.5. The molecule has 1 N–H and O–H groups in total. The van der Waals surface area contributed by atoms with Gasteiger partial charge in [-0.3, -0.25) is 9.59 Å². The van der Waals surface area contributed by atoms with E-state index in [1.807, 2.05) is 42.5 Å². The number of benzene rings is 3. The minimum atomic E-state index is -0.638. The van der Waals surface area contributed by atoms with Gasteiger partial charge in [0, 0.05) is 11.6 Å². The Morgan fingerprint density at radius 1 is 0.914 bits per heavy atom. The molecule has 1 aromatic heterocycles. The summed E-state index contributed by atoms with van der Waals surface area (Å²) in [6.07, 6.45) is 0. The van der Waals surface area contributed by atoms with E-state index in [1.54, 1.807) is 37.4 Å². The number of nitrogens with zero attached hydrogens (tertiary/aromatic N) is 2. The van der Waals surface area contributed by atoms with Crippen molar-refractivity contribution < 1.29 is 28.3 Å². The lowest BCUT2D eigenvalue weighted by atomic mass is 10.0. The molecule has 4 aromatic rings. The van der Waals surface area contributed by atoms with Gasteiger partial charge in [-0.05, 0) is 35.4 Å². The van der Waals surface area contributed by atoms with Crippen molar-refractivity contribution in [3.8, 4) is 34.0 Å². The van der Waals surface area contributed by atoms with Crippen molar-refractivity contribution in [2.45, 2.75) is 6.61 Å². The second-order valence-electron chi connectivity index (χ2n) is 7.36. The highest BCUT2D eigenvalue weighted by molar-refractivity contribution is 5.96. The van der Waals surface area contributed by atoms with Crippen molar-refractivity contribution >= 4 is 11.9 Å². The zero-order valence-electron chi connectivity index (χ0n) is 19.2. The molecule has 9 nitrogen and oxygen atoms in total. The summed E-state index contributed by atoms with van der Waals surface area (Å²) in [5, 5.41) is 6.45. The van der Waals surface area contributed by atoms with Crippen LogP contribution in [0.5, 0.6) is 11.5 Å². The lowest BCUT2D eigenvalue weighted by Gasteiger charge is -2.07. The average molecular weight is 473 g/mol. The first-order valence-electron chi connectivity index (χ1n) is 10.7. The lowest BCUT2D eigenvalue weighted by Crippen LogP contribution is -2.30. The van der Waals surface area contributed by atoms with Crippen LogP contribution in [0, 0.1) is 0 Å². The molecule has 0 aliphatic carbocycles. The van der Waals surface area contributed by atoms with Crippen LogP contribution in [0.2, 0.25) is 0 Å². The number of methoxy groups -OCH3 is 2. The molecular formula is C26H23N3O6. The number of hydrogen-bond acceptors (Lipinski definition) is 8. The summed E-state index contributed by atoms with van der Waals surface area (Å²) in [5.74, 6) is 0.497. The minimum Gasteiger partial charge on any atom is -0.497 e. The maximum absolute atomic E-state index is 12.4. The lowest BCUT2D eigenvalue weighted by molar-refractivity contribution is -0.144. The molecule has 4 rings (SSSR count). The van der Waals surface area contributed by atoms with Crippen LogP contribution in [0.1, 0.15) is 16.2 Å². The summed E-state index contributed by atoms with van der Waals surface area (Å²) < 4.78 is 20.8. The first-order valence-corrected chi connectivity index (χ1v) is 10.7. The topological polar surface area (TPSA) is 113 Å². The molecule has 35 heavy (non-hydrogen) atoms. The van der Waals surface area contributed by atoms with E-state index in [-0.39, 0.29) is 30.8 Å². The minimum absolute atomic E-state index is 0.106. The smallest absolute Gasteiger partial charge is 0.325 e. The summed E-state index contributed by atoms with van der Waals surface area (Å²) in [5.41, 5.74) is 3.08. The van der Waals surface area contributed by atoms with E-state index in [2.05, 4.69) is 15.5 Å². The van der Waals surface area contributed by atoms with E-state index in [9.17, 15) is 9.59 Å². The van der Waals surface area contributed by atoms with E-state index < -0.39 is 5.97 Å². The highest BCUT2D eigenvalue weighted by atomic mass is 16.6. The van der Waals surface area contributed by atoms with E-state index in [0.717, 1.165) is 11.1 Å². The number of aromatic nitrogens is 2. The molecule has 0 bridgehead atoms. The molecule has 0 radical (unpaired) electrons. The molecule has 0 unspecified atom stereocenters. The molecule has 1 amide bonds. The third-order valence-electron chi connectivity index (χ3n) is 5.12. The van der Waals surface area contributed by atoms with Crippen LogP contribution in [-0.2, 0) is 16.1 Å². The van der Waals surface area contributed by atoms with Gasteiger partial charge in [0.25, 0.3) is 11.8 Å². The van der Waals surface area contributed by atoms with Gasteiger partial charge in [0.15, 0.2) is 6.61 Å². The third-order valence-corrected chi connectivity index (χ3v) is 5.12. The molecule has 0 saturated heterocycles. The zero-order chi connectivity index (χ0) is 24.6. The van der Waals surface area contributed by atoms with Crippen LogP contribution < -0.4 is 14.8 Å². The second-order valence-corrected chi connectivity index (χ2v) is 7.36. The first kappa shape index (κ1) is 23.5. The third kappa shape index (κ3) is 5.83. The molecule has 0 spiro atoms. The number of ether oxygens (including phenoxy) is 3. The molecule has 0 aliphatic rings. The van der Waals surface area contributed by atoms with E-state index in [1.165, 1.54) is 7.11 Å². The second kappa shape index (κ2) is 11.0. The van der Waals surface area contributed by atoms with Crippen molar-refractivity contribution in [2.75, 3.05) is 20.8 Å². The summed E-state index contributed by atoms with van der Waals surface area (Å²) in [4.78, 5) is 28.7. The van der Waals surface area contributed by atoms with Crippen molar-refractivity contribution in [1.29, 1.82) is 0 Å². The predicted molar refractivity (Wildman–Crippen MR) is 127 cm³/mol. The zero-order valence-corrected chi connectivity index (χ0v) is 19.2. The maximum Gasteiger partial charge on any atom is 0.325 e. The highest BCUT2D eigenvalue weighted by Gasteiger charge is 2.16. The maximum atomic E-state index is 12.4. The largest absolute Gasteiger partial charge is 0.497 e. The quantitative estimate of drug-likeness (QED) is 0.364. The molecule has 0 aliphatic heterocycles. The fourth-order valence-electron chi connectivity index (χ4n) is 3.30. The molecule has 0 saturated carbocycles. The van der Waals surface area contributed by atoms with E-state index >= 15 is 0 Å². The van der Waals surface area contributed by atoms with Crippen LogP contribution in [0.15, 0.2) is 77.3 Å². The van der Waals surface area contributed by atoms with E-state index in [0.29, 0.717) is 22.6 Å². The Hall–Kier alpha value is -4.66. The van der Waals surface area contributed by atoms with Gasteiger partial charge in [0.1, 0.15) is 18.0 Å². The molecule has 9 heteroatoms. The van der Waals surface area contributed by atoms with Crippen molar-refractivity contribution in [2.24, 2.45) is 0 Å². The van der Waals surface area contributed by atoms with Crippen LogP contribution in [-0.4, -0.2) is 42.8 Å². The summed E-state index contributed by atoms with van der Waals surface area (Å²) in [6, 6.07) is 22.1. The van der Waals surface area contributed by atoms with Gasteiger partial charge in [0.05, 0.1) is 19.8 Å². The number of hydrogen-bond donors (Lipinski definition) is 1. The van der Waals surface area contributed by atoms with Gasteiger partial charge >= 0.3 is 5.97 Å². The Labute approximate surface area is 201 Å². The molecule has 0 fully saturated rings. The SMILES string of the molecule is COc1ccc(-c2noc(COC(=O)CNC(=O)c3ccc(-c4ccccc4)cc3)n2)c(OC)c1. The average Bonchev–Trinajstić information content (AvgIpc) is 3.39. The van der Waals surface area contributed by atoms with Crippen LogP contribution in [0.3, 0.4) is 0 Å². The van der Waals surface area contributed by atoms with Gasteiger partial charge in [-0.15, -0.1) is 0 Å². The van der Waals surface area contributed by atoms with Crippen molar-refractivity contribution in [3.63, 3.8) is 0 Å². The van der Waals surface area contributed by atoms with Gasteiger partial charge in [-0.25, -0.2) is 0 Å². The van der Waals surface area contributed by atoms with Crippen LogP contribution >= 0.6 is 0 Å². The predicted octanol–water partition coefficient (Wildman–Crippen LogP) is 3.89. The Morgan fingerprint density at radius 3 is 2.37 bits per heavy atom. The van der Waals surface area contributed by atoms with E-state index in [4.69, 9.17) is 18.7 Å². The molecule has 0 atom stereocenters. The summed E-state index contributed by atoms with van der Waals surface area (Å²) >= 11 is 0. The van der Waals surface area contributed by atoms with Gasteiger partial charge in [-0.1, -0.05) is 47.6 Å². The van der Waals surface area contributed by atoms with Gasteiger partial charge < -0.3 is 24.1 Å². The monoisotopic (exact) mass is 473 g/mol. The summed E-state index contributed by atoms with van der Waals surface area (Å²) in [6.45, 7) is -0.529. The number of esters is 1. The number of carbonyl (C=O) groups excluding carboxylic acids is 2. The Bertz CT molecular complexity index is 1300. The van der Waals surface area contributed by atoms with Gasteiger partial charge in [-0.2, -0.15) is 4.98 Å². The first-order chi connectivity index (χ1) is 17.1. The Kier molecular flexibility index (Phi) is 7.37. The summed E-state index contributed by atoms with van der Waals surface area (Å²) in [7, 11) is 3.08. The highest BCUT2D eigenvalue weighted by Crippen LogP contribution is 2.31. The van der Waals surface area contributed by atoms with Crippen LogP contribution in [0.25, 0.3) is 22.5 Å². The van der Waals surface area contributed by atoms with Crippen molar-refractivity contribution in [3.05, 3.63) is 84.3 Å². The number of amides is 1. The fraction of sp³-hybridized carbons (Fsp3) is 0.154.